The van der Waals surface area contributed by atoms with E-state index >= 15 is 0 Å². The van der Waals surface area contributed by atoms with E-state index in [0.717, 1.165) is 6.20 Å². The highest BCUT2D eigenvalue weighted by atomic mass is 16.6. The Hall–Kier alpha value is -1.96. The summed E-state index contributed by atoms with van der Waals surface area (Å²) < 4.78 is 1.33. The number of nitrogens with zero attached hydrogens (tertiary/aromatic N) is 3. The van der Waals surface area contributed by atoms with Crippen molar-refractivity contribution < 1.29 is 9.72 Å². The second kappa shape index (κ2) is 4.51. The third-order valence-corrected chi connectivity index (χ3v) is 1.88. The molecule has 0 aliphatic heterocycles. The van der Waals surface area contributed by atoms with Crippen molar-refractivity contribution in [2.45, 2.75) is 13.5 Å². The molecule has 1 heterocycles. The van der Waals surface area contributed by atoms with E-state index in [4.69, 9.17) is 5.84 Å². The largest absolute Gasteiger partial charge is 0.306 e. The van der Waals surface area contributed by atoms with Gasteiger partial charge in [0, 0.05) is 0 Å². The Kier molecular flexibility index (Phi) is 3.34. The lowest BCUT2D eigenvalue weighted by molar-refractivity contribution is -0.385. The summed E-state index contributed by atoms with van der Waals surface area (Å²) >= 11 is 0. The molecule has 1 rings (SSSR count). The first-order valence-electron chi connectivity index (χ1n) is 4.22. The zero-order valence-electron chi connectivity index (χ0n) is 8.08. The van der Waals surface area contributed by atoms with Gasteiger partial charge in [-0.15, -0.1) is 0 Å². The van der Waals surface area contributed by atoms with Crippen LogP contribution >= 0.6 is 0 Å². The molecular formula is C7H11N5O3. The van der Waals surface area contributed by atoms with Crippen LogP contribution in [0.4, 0.5) is 5.69 Å². The number of aromatic nitrogens is 2. The van der Waals surface area contributed by atoms with Gasteiger partial charge in [-0.3, -0.25) is 25.0 Å². The van der Waals surface area contributed by atoms with Crippen LogP contribution in [-0.4, -0.2) is 20.6 Å². The fraction of sp³-hybridized carbons (Fsp3) is 0.429. The molecule has 0 saturated heterocycles. The maximum absolute atomic E-state index is 11.0. The number of nitro groups is 1. The molecule has 0 fully saturated rings. The van der Waals surface area contributed by atoms with Gasteiger partial charge in [0.1, 0.15) is 12.4 Å². The first-order valence-corrected chi connectivity index (χ1v) is 4.22. The zero-order valence-corrected chi connectivity index (χ0v) is 8.08. The molecular weight excluding hydrogens is 202 g/mol. The van der Waals surface area contributed by atoms with Gasteiger partial charge in [0.25, 0.3) is 0 Å². The minimum Gasteiger partial charge on any atom is -0.294 e. The van der Waals surface area contributed by atoms with E-state index in [1.165, 1.54) is 10.9 Å². The number of nitrogens with two attached hydrogens (primary N) is 1. The first kappa shape index (κ1) is 11.1. The lowest BCUT2D eigenvalue weighted by Crippen LogP contribution is -2.36. The fourth-order valence-corrected chi connectivity index (χ4v) is 1.05. The van der Waals surface area contributed by atoms with Crippen LogP contribution in [-0.2, 0) is 11.3 Å². The van der Waals surface area contributed by atoms with Crippen molar-refractivity contribution in [1.82, 2.24) is 15.2 Å². The van der Waals surface area contributed by atoms with Gasteiger partial charge < -0.3 is 0 Å². The number of hydrogen-bond acceptors (Lipinski definition) is 5. The van der Waals surface area contributed by atoms with Crippen LogP contribution in [0.25, 0.3) is 0 Å². The Morgan fingerprint density at radius 2 is 2.53 bits per heavy atom. The highest BCUT2D eigenvalue weighted by molar-refractivity contribution is 5.77. The van der Waals surface area contributed by atoms with Crippen LogP contribution in [0.1, 0.15) is 6.92 Å². The third kappa shape index (κ3) is 2.74. The van der Waals surface area contributed by atoms with Crippen LogP contribution in [0.2, 0.25) is 0 Å². The van der Waals surface area contributed by atoms with Crippen LogP contribution < -0.4 is 11.3 Å². The summed E-state index contributed by atoms with van der Waals surface area (Å²) in [5.41, 5.74) is 1.90. The van der Waals surface area contributed by atoms with E-state index in [-0.39, 0.29) is 18.1 Å². The number of amides is 1. The molecule has 8 nitrogen and oxygen atoms in total. The highest BCUT2D eigenvalue weighted by Gasteiger charge is 2.15. The maximum Gasteiger partial charge on any atom is 0.306 e. The SMILES string of the molecule is C[C@@H](Cn1cc([N+](=O)[O-])cn1)C(=O)NN. The molecule has 0 bridgehead atoms. The Morgan fingerprint density at radius 3 is 3.00 bits per heavy atom. The number of hydrogen-bond donors (Lipinski definition) is 2. The van der Waals surface area contributed by atoms with E-state index in [9.17, 15) is 14.9 Å². The van der Waals surface area contributed by atoms with Crippen LogP contribution in [0, 0.1) is 16.0 Å². The van der Waals surface area contributed by atoms with Gasteiger partial charge in [0.15, 0.2) is 0 Å². The Labute approximate surface area is 85.2 Å². The normalized spacial score (nSPS) is 12.1. The number of hydrazine groups is 1. The van der Waals surface area contributed by atoms with Gasteiger partial charge in [0.2, 0.25) is 5.91 Å². The summed E-state index contributed by atoms with van der Waals surface area (Å²) in [6.45, 7) is 1.90. The molecule has 0 radical (unpaired) electrons. The predicted octanol–water partition coefficient (Wildman–Crippen LogP) is -0.583. The lowest BCUT2D eigenvalue weighted by Gasteiger charge is -2.08. The van der Waals surface area contributed by atoms with Gasteiger partial charge in [-0.05, 0) is 0 Å². The lowest BCUT2D eigenvalue weighted by atomic mass is 10.2. The quantitative estimate of drug-likeness (QED) is 0.300. The van der Waals surface area contributed by atoms with E-state index < -0.39 is 10.8 Å². The summed E-state index contributed by atoms with van der Waals surface area (Å²) in [6, 6.07) is 0. The van der Waals surface area contributed by atoms with Gasteiger partial charge in [-0.2, -0.15) is 5.10 Å². The van der Waals surface area contributed by atoms with Crippen molar-refractivity contribution in [2.24, 2.45) is 11.8 Å². The molecule has 1 atom stereocenters. The predicted molar refractivity (Wildman–Crippen MR) is 50.4 cm³/mol. The van der Waals surface area contributed by atoms with Gasteiger partial charge in [0.05, 0.1) is 17.4 Å². The molecule has 1 aromatic heterocycles. The molecule has 0 aliphatic carbocycles. The van der Waals surface area contributed by atoms with Gasteiger partial charge >= 0.3 is 5.69 Å². The van der Waals surface area contributed by atoms with Crippen molar-refractivity contribution in [3.63, 3.8) is 0 Å². The second-order valence-electron chi connectivity index (χ2n) is 3.09. The first-order chi connectivity index (χ1) is 7.04. The van der Waals surface area contributed by atoms with Crippen LogP contribution in [0.5, 0.6) is 0 Å². The monoisotopic (exact) mass is 213 g/mol. The maximum atomic E-state index is 11.0. The van der Waals surface area contributed by atoms with Crippen molar-refractivity contribution >= 4 is 11.6 Å². The van der Waals surface area contributed by atoms with E-state index in [1.54, 1.807) is 6.92 Å². The Bertz CT molecular complexity index is 374. The summed E-state index contributed by atoms with van der Waals surface area (Å²) in [4.78, 5) is 20.8. The van der Waals surface area contributed by atoms with Crippen LogP contribution in [0.15, 0.2) is 12.4 Å². The average Bonchev–Trinajstić information content (AvgIpc) is 2.65. The van der Waals surface area contributed by atoms with Crippen molar-refractivity contribution in [3.05, 3.63) is 22.5 Å². The third-order valence-electron chi connectivity index (χ3n) is 1.88. The zero-order chi connectivity index (χ0) is 11.4. The molecule has 0 unspecified atom stereocenters. The molecule has 82 valence electrons. The summed E-state index contributed by atoms with van der Waals surface area (Å²) in [7, 11) is 0. The van der Waals surface area contributed by atoms with E-state index in [2.05, 4.69) is 5.10 Å². The average molecular weight is 213 g/mol. The van der Waals surface area contributed by atoms with Gasteiger partial charge in [-0.1, -0.05) is 6.92 Å². The number of carbonyl (C=O) groups excluding carboxylic acids is 1. The Balaban J connectivity index is 2.65. The highest BCUT2D eigenvalue weighted by Crippen LogP contribution is 2.09. The number of carbonyl (C=O) groups is 1. The van der Waals surface area contributed by atoms with E-state index in [0.29, 0.717) is 0 Å². The molecule has 1 aromatic rings. The number of nitrogens with one attached hydrogen (secondary N) is 1. The van der Waals surface area contributed by atoms with Gasteiger partial charge in [-0.25, -0.2) is 5.84 Å². The molecule has 0 aromatic carbocycles. The van der Waals surface area contributed by atoms with Crippen molar-refractivity contribution in [3.8, 4) is 0 Å². The molecule has 8 heteroatoms. The molecule has 3 N–H and O–H groups in total. The standard InChI is InChI=1S/C7H11N5O3/c1-5(7(13)10-8)3-11-4-6(2-9-11)12(14)15/h2,4-5H,3,8H2,1H3,(H,10,13)/t5-/m0/s1. The van der Waals surface area contributed by atoms with Crippen LogP contribution in [0.3, 0.4) is 0 Å². The molecule has 0 spiro atoms. The minimum atomic E-state index is -0.544. The molecule has 0 aliphatic rings. The minimum absolute atomic E-state index is 0.102. The fourth-order valence-electron chi connectivity index (χ4n) is 1.05. The summed E-state index contributed by atoms with van der Waals surface area (Å²) in [5, 5.41) is 14.1. The second-order valence-corrected chi connectivity index (χ2v) is 3.09. The van der Waals surface area contributed by atoms with E-state index in [1.807, 2.05) is 5.43 Å². The smallest absolute Gasteiger partial charge is 0.294 e. The van der Waals surface area contributed by atoms with Crippen molar-refractivity contribution in [2.75, 3.05) is 0 Å². The topological polar surface area (TPSA) is 116 Å². The Morgan fingerprint density at radius 1 is 1.87 bits per heavy atom. The summed E-state index contributed by atoms with van der Waals surface area (Å²) in [6.07, 6.45) is 2.40. The molecule has 1 amide bonds. The van der Waals surface area contributed by atoms with Crippen molar-refractivity contribution in [1.29, 1.82) is 0 Å². The molecule has 15 heavy (non-hydrogen) atoms. The molecule has 0 saturated carbocycles. The summed E-state index contributed by atoms with van der Waals surface area (Å²) in [5.74, 6) is 4.21. The number of rotatable bonds is 4.